The highest BCUT2D eigenvalue weighted by Crippen LogP contribution is 2.19. The van der Waals surface area contributed by atoms with E-state index in [1.165, 1.54) is 0 Å². The normalized spacial score (nSPS) is 10.7. The first-order chi connectivity index (χ1) is 14.6. The molecule has 1 amide bonds. The summed E-state index contributed by atoms with van der Waals surface area (Å²) in [5.41, 5.74) is 3.97. The number of carbonyl (C=O) groups is 1. The number of fused-ring (bicyclic) bond motifs is 1. The fourth-order valence-electron chi connectivity index (χ4n) is 3.32. The number of nitrogens with one attached hydrogen (secondary N) is 1. The lowest BCUT2D eigenvalue weighted by Gasteiger charge is -2.14. The Hall–Kier alpha value is -3.97. The van der Waals surface area contributed by atoms with Gasteiger partial charge in [-0.1, -0.05) is 24.3 Å². The van der Waals surface area contributed by atoms with Gasteiger partial charge in [0.25, 0.3) is 11.5 Å². The summed E-state index contributed by atoms with van der Waals surface area (Å²) < 4.78 is 6.81. The van der Waals surface area contributed by atoms with Crippen LogP contribution in [0.3, 0.4) is 0 Å². The van der Waals surface area contributed by atoms with Gasteiger partial charge in [-0.05, 0) is 54.1 Å². The quantitative estimate of drug-likeness (QED) is 0.396. The second-order valence-corrected chi connectivity index (χ2v) is 6.70. The van der Waals surface area contributed by atoms with Gasteiger partial charge in [-0.25, -0.2) is 10.5 Å². The van der Waals surface area contributed by atoms with E-state index in [1.54, 1.807) is 59.6 Å². The molecular formula is C23H19N3O4. The third-order valence-electron chi connectivity index (χ3n) is 4.86. The zero-order valence-corrected chi connectivity index (χ0v) is 16.2. The van der Waals surface area contributed by atoms with E-state index in [9.17, 15) is 9.59 Å². The summed E-state index contributed by atoms with van der Waals surface area (Å²) in [5, 5.41) is 9.30. The molecule has 4 aromatic rings. The van der Waals surface area contributed by atoms with E-state index >= 15 is 0 Å². The first-order valence-corrected chi connectivity index (χ1v) is 9.29. The number of carbonyl (C=O) groups excluding carboxylic acids is 1. The summed E-state index contributed by atoms with van der Waals surface area (Å²) in [6.45, 7) is 0. The first-order valence-electron chi connectivity index (χ1n) is 9.29. The molecule has 0 aliphatic heterocycles. The minimum absolute atomic E-state index is 0.156. The van der Waals surface area contributed by atoms with Crippen molar-refractivity contribution in [2.75, 3.05) is 7.11 Å². The summed E-state index contributed by atoms with van der Waals surface area (Å²) in [6, 6.07) is 21.2. The van der Waals surface area contributed by atoms with E-state index in [1.807, 2.05) is 30.3 Å². The van der Waals surface area contributed by atoms with Gasteiger partial charge in [0.1, 0.15) is 11.6 Å². The van der Waals surface area contributed by atoms with Crippen molar-refractivity contribution in [2.24, 2.45) is 0 Å². The van der Waals surface area contributed by atoms with Crippen molar-refractivity contribution in [1.82, 2.24) is 15.0 Å². The molecule has 1 aromatic heterocycles. The van der Waals surface area contributed by atoms with Crippen LogP contribution in [-0.4, -0.2) is 27.8 Å². The average Bonchev–Trinajstić information content (AvgIpc) is 2.79. The van der Waals surface area contributed by atoms with Gasteiger partial charge >= 0.3 is 0 Å². The van der Waals surface area contributed by atoms with Crippen LogP contribution < -0.4 is 15.8 Å². The highest BCUT2D eigenvalue weighted by atomic mass is 16.5. The third-order valence-corrected chi connectivity index (χ3v) is 4.86. The SMILES string of the molecule is COc1ccc(-n2c(Cc3ccc(C(=O)NO)cc3)nc3ccccc3c2=O)cc1. The summed E-state index contributed by atoms with van der Waals surface area (Å²) in [7, 11) is 1.59. The Bertz CT molecular complexity index is 1260. The summed E-state index contributed by atoms with van der Waals surface area (Å²) >= 11 is 0. The number of rotatable bonds is 5. The van der Waals surface area contributed by atoms with Gasteiger partial charge in [0.2, 0.25) is 0 Å². The number of hydrogen-bond acceptors (Lipinski definition) is 5. The monoisotopic (exact) mass is 401 g/mol. The van der Waals surface area contributed by atoms with Crippen LogP contribution in [-0.2, 0) is 6.42 Å². The van der Waals surface area contributed by atoms with Gasteiger partial charge in [-0.15, -0.1) is 0 Å². The second kappa shape index (κ2) is 8.18. The van der Waals surface area contributed by atoms with Crippen LogP contribution >= 0.6 is 0 Å². The zero-order chi connectivity index (χ0) is 21.1. The number of amides is 1. The fourth-order valence-corrected chi connectivity index (χ4v) is 3.32. The molecule has 0 spiro atoms. The molecule has 0 atom stereocenters. The van der Waals surface area contributed by atoms with Crippen molar-refractivity contribution in [3.8, 4) is 11.4 Å². The van der Waals surface area contributed by atoms with Gasteiger partial charge in [-0.3, -0.25) is 19.4 Å². The molecular weight excluding hydrogens is 382 g/mol. The van der Waals surface area contributed by atoms with Crippen molar-refractivity contribution in [2.45, 2.75) is 6.42 Å². The van der Waals surface area contributed by atoms with E-state index < -0.39 is 5.91 Å². The predicted molar refractivity (Wildman–Crippen MR) is 112 cm³/mol. The van der Waals surface area contributed by atoms with Gasteiger partial charge in [0, 0.05) is 12.0 Å². The van der Waals surface area contributed by atoms with Crippen molar-refractivity contribution < 1.29 is 14.7 Å². The predicted octanol–water partition coefficient (Wildman–Crippen LogP) is 3.10. The molecule has 0 saturated carbocycles. The highest BCUT2D eigenvalue weighted by molar-refractivity contribution is 5.93. The molecule has 3 aromatic carbocycles. The Balaban J connectivity index is 1.83. The topological polar surface area (TPSA) is 93.4 Å². The van der Waals surface area contributed by atoms with Crippen LogP contribution in [0.25, 0.3) is 16.6 Å². The van der Waals surface area contributed by atoms with Crippen molar-refractivity contribution in [3.63, 3.8) is 0 Å². The molecule has 7 heteroatoms. The second-order valence-electron chi connectivity index (χ2n) is 6.70. The first kappa shape index (κ1) is 19.4. The number of benzene rings is 3. The van der Waals surface area contributed by atoms with E-state index in [2.05, 4.69) is 0 Å². The number of nitrogens with zero attached hydrogens (tertiary/aromatic N) is 2. The maximum Gasteiger partial charge on any atom is 0.274 e. The number of aromatic nitrogens is 2. The Morgan fingerprint density at radius 3 is 2.40 bits per heavy atom. The Labute approximate surface area is 172 Å². The maximum atomic E-state index is 13.3. The van der Waals surface area contributed by atoms with Gasteiger partial charge in [0.15, 0.2) is 0 Å². The van der Waals surface area contributed by atoms with Crippen LogP contribution in [0.15, 0.2) is 77.6 Å². The van der Waals surface area contributed by atoms with Crippen LogP contribution in [0.1, 0.15) is 21.7 Å². The molecule has 0 radical (unpaired) electrons. The molecule has 1 heterocycles. The molecule has 0 fully saturated rings. The minimum Gasteiger partial charge on any atom is -0.497 e. The lowest BCUT2D eigenvalue weighted by atomic mass is 10.1. The maximum absolute atomic E-state index is 13.3. The zero-order valence-electron chi connectivity index (χ0n) is 16.2. The number of methoxy groups -OCH3 is 1. The number of hydrogen-bond donors (Lipinski definition) is 2. The molecule has 30 heavy (non-hydrogen) atoms. The van der Waals surface area contributed by atoms with Crippen LogP contribution in [0, 0.1) is 0 Å². The van der Waals surface area contributed by atoms with Crippen molar-refractivity contribution in [1.29, 1.82) is 0 Å². The molecule has 0 unspecified atom stereocenters. The van der Waals surface area contributed by atoms with Crippen LogP contribution in [0.2, 0.25) is 0 Å². The molecule has 150 valence electrons. The Morgan fingerprint density at radius 2 is 1.73 bits per heavy atom. The van der Waals surface area contributed by atoms with Gasteiger partial charge in [-0.2, -0.15) is 0 Å². The number of para-hydroxylation sites is 1. The summed E-state index contributed by atoms with van der Waals surface area (Å²) in [6.07, 6.45) is 0.382. The standard InChI is InChI=1S/C23H19N3O4/c1-30-18-12-10-17(11-13-18)26-21(24-20-5-3-2-4-19(20)23(26)28)14-15-6-8-16(9-7-15)22(27)25-29/h2-13,29H,14H2,1H3,(H,25,27). The Morgan fingerprint density at radius 1 is 1.03 bits per heavy atom. The van der Waals surface area contributed by atoms with Crippen molar-refractivity contribution >= 4 is 16.8 Å². The molecule has 7 nitrogen and oxygen atoms in total. The van der Waals surface area contributed by atoms with E-state index in [0.29, 0.717) is 40.1 Å². The number of hydroxylamine groups is 1. The molecule has 2 N–H and O–H groups in total. The summed E-state index contributed by atoms with van der Waals surface area (Å²) in [5.74, 6) is 0.684. The fraction of sp³-hybridized carbons (Fsp3) is 0.0870. The molecule has 0 aliphatic rings. The lowest BCUT2D eigenvalue weighted by Crippen LogP contribution is -2.24. The molecule has 0 aliphatic carbocycles. The van der Waals surface area contributed by atoms with Gasteiger partial charge < -0.3 is 4.74 Å². The van der Waals surface area contributed by atoms with Gasteiger partial charge in [0.05, 0.1) is 23.7 Å². The average molecular weight is 401 g/mol. The molecule has 4 rings (SSSR count). The van der Waals surface area contributed by atoms with Crippen LogP contribution in [0.5, 0.6) is 5.75 Å². The smallest absolute Gasteiger partial charge is 0.274 e. The van der Waals surface area contributed by atoms with E-state index in [0.717, 1.165) is 5.56 Å². The van der Waals surface area contributed by atoms with Crippen LogP contribution in [0.4, 0.5) is 0 Å². The number of ether oxygens (including phenoxy) is 1. The minimum atomic E-state index is -0.583. The van der Waals surface area contributed by atoms with Crippen molar-refractivity contribution in [3.05, 3.63) is 100 Å². The Kier molecular flexibility index (Phi) is 5.28. The third kappa shape index (κ3) is 3.66. The molecule has 0 saturated heterocycles. The summed E-state index contributed by atoms with van der Waals surface area (Å²) in [4.78, 5) is 29.6. The largest absolute Gasteiger partial charge is 0.497 e. The van der Waals surface area contributed by atoms with E-state index in [4.69, 9.17) is 14.9 Å². The highest BCUT2D eigenvalue weighted by Gasteiger charge is 2.14. The lowest BCUT2D eigenvalue weighted by molar-refractivity contribution is 0.0706. The van der Waals surface area contributed by atoms with E-state index in [-0.39, 0.29) is 5.56 Å². The molecule has 0 bridgehead atoms.